The highest BCUT2D eigenvalue weighted by Gasteiger charge is 2.28. The number of anilines is 1. The Bertz CT molecular complexity index is 882. The number of fused-ring (bicyclic) bond motifs is 1. The molecule has 2 aromatic rings. The summed E-state index contributed by atoms with van der Waals surface area (Å²) in [6.45, 7) is 6.09. The third kappa shape index (κ3) is 6.68. The third-order valence-corrected chi connectivity index (χ3v) is 4.95. The fourth-order valence-electron chi connectivity index (χ4n) is 2.74. The van der Waals surface area contributed by atoms with E-state index in [0.717, 1.165) is 4.70 Å². The summed E-state index contributed by atoms with van der Waals surface area (Å²) in [6, 6.07) is 2.99. The number of carbonyl (C=O) groups is 3. The first-order valence-corrected chi connectivity index (χ1v) is 10.1. The molecule has 0 saturated heterocycles. The number of nitrogens with zero attached hydrogens (tertiary/aromatic N) is 1. The van der Waals surface area contributed by atoms with Gasteiger partial charge in [-0.15, -0.1) is 0 Å². The number of aliphatic carboxylic acids is 2. The summed E-state index contributed by atoms with van der Waals surface area (Å²) in [6.07, 6.45) is -0.169. The van der Waals surface area contributed by atoms with Gasteiger partial charge in [0, 0.05) is 0 Å². The fraction of sp³-hybridized carbons (Fsp3) is 0.474. The summed E-state index contributed by atoms with van der Waals surface area (Å²) in [4.78, 5) is 39.5. The van der Waals surface area contributed by atoms with Gasteiger partial charge < -0.3 is 20.3 Å². The van der Waals surface area contributed by atoms with Crippen molar-refractivity contribution in [2.45, 2.75) is 45.7 Å². The van der Waals surface area contributed by atoms with Crippen molar-refractivity contribution in [2.75, 3.05) is 11.9 Å². The van der Waals surface area contributed by atoms with Crippen LogP contribution in [-0.4, -0.2) is 51.7 Å². The predicted molar refractivity (Wildman–Crippen MR) is 109 cm³/mol. The zero-order valence-electron chi connectivity index (χ0n) is 16.5. The zero-order chi connectivity index (χ0) is 21.6. The predicted octanol–water partition coefficient (Wildman–Crippen LogP) is 2.57. The maximum atomic E-state index is 12.3. The van der Waals surface area contributed by atoms with Crippen LogP contribution in [0.3, 0.4) is 0 Å². The topological polar surface area (TPSA) is 138 Å². The average Bonchev–Trinajstić information content (AvgIpc) is 3.01. The van der Waals surface area contributed by atoms with Crippen molar-refractivity contribution in [2.24, 2.45) is 5.92 Å². The minimum atomic E-state index is -1.33. The Morgan fingerprint density at radius 1 is 1.17 bits per heavy atom. The summed E-state index contributed by atoms with van der Waals surface area (Å²) in [5.41, 5.74) is 0.685. The molecule has 1 heterocycles. The number of nitrogens with one attached hydrogen (secondary N) is 2. The van der Waals surface area contributed by atoms with Gasteiger partial charge in [-0.25, -0.2) is 4.98 Å². The van der Waals surface area contributed by atoms with Gasteiger partial charge in [-0.3, -0.25) is 19.7 Å². The number of carboxylic acids is 2. The lowest BCUT2D eigenvalue weighted by atomic mass is 10.0. The molecule has 1 aromatic carbocycles. The van der Waals surface area contributed by atoms with E-state index in [9.17, 15) is 24.6 Å². The Morgan fingerprint density at radius 3 is 2.45 bits per heavy atom. The zero-order valence-corrected chi connectivity index (χ0v) is 17.3. The van der Waals surface area contributed by atoms with Crippen LogP contribution in [0, 0.1) is 5.92 Å². The Balaban J connectivity index is 2.05. The Hall–Kier alpha value is -2.72. The minimum Gasteiger partial charge on any atom is -0.494 e. The van der Waals surface area contributed by atoms with Crippen LogP contribution in [-0.2, 0) is 14.4 Å². The molecule has 1 unspecified atom stereocenters. The maximum Gasteiger partial charge on any atom is 0.321 e. The molecule has 9 nitrogen and oxygen atoms in total. The number of benzene rings is 1. The molecule has 1 aromatic heterocycles. The molecule has 1 amide bonds. The molecule has 10 heteroatoms. The van der Waals surface area contributed by atoms with E-state index in [1.165, 1.54) is 11.3 Å². The van der Waals surface area contributed by atoms with Gasteiger partial charge in [0.1, 0.15) is 17.8 Å². The van der Waals surface area contributed by atoms with Crippen LogP contribution >= 0.6 is 11.3 Å². The van der Waals surface area contributed by atoms with Crippen molar-refractivity contribution < 1.29 is 29.3 Å². The molecule has 0 bridgehead atoms. The molecule has 0 saturated carbocycles. The number of rotatable bonds is 11. The first-order chi connectivity index (χ1) is 13.7. The second-order valence-electron chi connectivity index (χ2n) is 6.91. The van der Waals surface area contributed by atoms with Crippen LogP contribution in [0.4, 0.5) is 5.13 Å². The number of amides is 1. The Morgan fingerprint density at radius 2 is 1.86 bits per heavy atom. The quantitative estimate of drug-likeness (QED) is 0.433. The SMILES string of the molecule is CCOc1ccc2nc(NC(=O)CC(N[C@@H](CC(C)C)C(=O)O)C(=O)O)sc2c1. The molecule has 0 aliphatic rings. The van der Waals surface area contributed by atoms with Crippen molar-refractivity contribution in [3.8, 4) is 5.75 Å². The largest absolute Gasteiger partial charge is 0.494 e. The van der Waals surface area contributed by atoms with Gasteiger partial charge in [0.15, 0.2) is 5.13 Å². The molecule has 2 rings (SSSR count). The van der Waals surface area contributed by atoms with Gasteiger partial charge in [0.25, 0.3) is 0 Å². The molecular formula is C19H25N3O6S. The standard InChI is InChI=1S/C19H25N3O6S/c1-4-28-11-5-6-12-15(8-11)29-19(21-12)22-16(23)9-14(18(26)27)20-13(17(24)25)7-10(2)3/h5-6,8,10,13-14,20H,4,7,9H2,1-3H3,(H,24,25)(H,26,27)(H,21,22,23)/t13-,14?/m0/s1. The van der Waals surface area contributed by atoms with Crippen LogP contribution in [0.1, 0.15) is 33.6 Å². The van der Waals surface area contributed by atoms with Crippen molar-refractivity contribution in [3.05, 3.63) is 18.2 Å². The summed E-state index contributed by atoms with van der Waals surface area (Å²) < 4.78 is 6.26. The summed E-state index contributed by atoms with van der Waals surface area (Å²) in [5.74, 6) is -2.26. The average molecular weight is 423 g/mol. The fourth-order valence-corrected chi connectivity index (χ4v) is 3.65. The highest BCUT2D eigenvalue weighted by atomic mass is 32.1. The van der Waals surface area contributed by atoms with E-state index in [4.69, 9.17) is 4.74 Å². The number of carboxylic acid groups (broad SMARTS) is 2. The molecule has 158 valence electrons. The number of hydrogen-bond donors (Lipinski definition) is 4. The minimum absolute atomic E-state index is 0.0520. The van der Waals surface area contributed by atoms with E-state index in [1.807, 2.05) is 26.8 Å². The lowest BCUT2D eigenvalue weighted by molar-refractivity contribution is -0.144. The monoisotopic (exact) mass is 423 g/mol. The second kappa shape index (κ2) is 10.2. The first-order valence-electron chi connectivity index (χ1n) is 9.24. The third-order valence-electron chi connectivity index (χ3n) is 4.01. The lowest BCUT2D eigenvalue weighted by Gasteiger charge is -2.21. The lowest BCUT2D eigenvalue weighted by Crippen LogP contribution is -2.49. The van der Waals surface area contributed by atoms with Crippen molar-refractivity contribution in [1.82, 2.24) is 10.3 Å². The van der Waals surface area contributed by atoms with E-state index < -0.39 is 36.4 Å². The van der Waals surface area contributed by atoms with Gasteiger partial charge >= 0.3 is 11.9 Å². The van der Waals surface area contributed by atoms with Gasteiger partial charge in [-0.05, 0) is 37.5 Å². The molecule has 0 aliphatic carbocycles. The van der Waals surface area contributed by atoms with E-state index in [0.29, 0.717) is 23.0 Å². The second-order valence-corrected chi connectivity index (χ2v) is 7.94. The molecule has 0 radical (unpaired) electrons. The van der Waals surface area contributed by atoms with Gasteiger partial charge in [0.2, 0.25) is 5.91 Å². The molecule has 0 aliphatic heterocycles. The summed E-state index contributed by atoms with van der Waals surface area (Å²) >= 11 is 1.24. The van der Waals surface area contributed by atoms with E-state index >= 15 is 0 Å². The highest BCUT2D eigenvalue weighted by Crippen LogP contribution is 2.29. The van der Waals surface area contributed by atoms with Crippen LogP contribution in [0.2, 0.25) is 0 Å². The van der Waals surface area contributed by atoms with E-state index in [-0.39, 0.29) is 12.3 Å². The molecule has 0 fully saturated rings. The summed E-state index contributed by atoms with van der Waals surface area (Å²) in [7, 11) is 0. The van der Waals surface area contributed by atoms with Crippen molar-refractivity contribution in [1.29, 1.82) is 0 Å². The number of carbonyl (C=O) groups excluding carboxylic acids is 1. The molecular weight excluding hydrogens is 398 g/mol. The Kier molecular flexibility index (Phi) is 7.91. The molecule has 0 spiro atoms. The van der Waals surface area contributed by atoms with Crippen LogP contribution in [0.25, 0.3) is 10.2 Å². The van der Waals surface area contributed by atoms with E-state index in [2.05, 4.69) is 15.6 Å². The number of thiazole rings is 1. The first kappa shape index (κ1) is 22.6. The van der Waals surface area contributed by atoms with Gasteiger partial charge in [-0.1, -0.05) is 25.2 Å². The smallest absolute Gasteiger partial charge is 0.321 e. The number of aromatic nitrogens is 1. The van der Waals surface area contributed by atoms with Gasteiger partial charge in [0.05, 0.1) is 23.2 Å². The van der Waals surface area contributed by atoms with Crippen LogP contribution in [0.15, 0.2) is 18.2 Å². The normalized spacial score (nSPS) is 13.2. The van der Waals surface area contributed by atoms with Crippen LogP contribution in [0.5, 0.6) is 5.75 Å². The molecule has 4 N–H and O–H groups in total. The number of ether oxygens (including phenoxy) is 1. The molecule has 29 heavy (non-hydrogen) atoms. The van der Waals surface area contributed by atoms with E-state index in [1.54, 1.807) is 12.1 Å². The maximum absolute atomic E-state index is 12.3. The van der Waals surface area contributed by atoms with Crippen molar-refractivity contribution in [3.63, 3.8) is 0 Å². The molecule has 2 atom stereocenters. The van der Waals surface area contributed by atoms with Crippen molar-refractivity contribution >= 4 is 44.5 Å². The van der Waals surface area contributed by atoms with Crippen LogP contribution < -0.4 is 15.4 Å². The number of hydrogen-bond acceptors (Lipinski definition) is 7. The Labute approximate surface area is 172 Å². The highest BCUT2D eigenvalue weighted by molar-refractivity contribution is 7.22. The summed E-state index contributed by atoms with van der Waals surface area (Å²) in [5, 5.41) is 24.2. The van der Waals surface area contributed by atoms with Gasteiger partial charge in [-0.2, -0.15) is 0 Å².